The Hall–Kier alpha value is -4.17. The molecule has 34 heavy (non-hydrogen) atoms. The van der Waals surface area contributed by atoms with Crippen LogP contribution in [0.5, 0.6) is 5.75 Å². The molecule has 0 spiro atoms. The summed E-state index contributed by atoms with van der Waals surface area (Å²) in [5.41, 5.74) is 7.97. The van der Waals surface area contributed by atoms with E-state index in [4.69, 9.17) is 9.72 Å². The van der Waals surface area contributed by atoms with Crippen LogP contribution in [0.4, 0.5) is 0 Å². The van der Waals surface area contributed by atoms with Gasteiger partial charge in [0.2, 0.25) is 0 Å². The fourth-order valence-electron chi connectivity index (χ4n) is 4.54. The van der Waals surface area contributed by atoms with Gasteiger partial charge in [-0.05, 0) is 54.3 Å². The van der Waals surface area contributed by atoms with Gasteiger partial charge in [-0.15, -0.1) is 0 Å². The van der Waals surface area contributed by atoms with E-state index in [0.717, 1.165) is 64.5 Å². The molecule has 5 heteroatoms. The van der Waals surface area contributed by atoms with Crippen LogP contribution in [0, 0.1) is 11.3 Å². The Morgan fingerprint density at radius 3 is 2.71 bits per heavy atom. The van der Waals surface area contributed by atoms with E-state index in [1.54, 1.807) is 12.4 Å². The van der Waals surface area contributed by atoms with E-state index in [1.807, 2.05) is 43.3 Å². The molecule has 0 fully saturated rings. The van der Waals surface area contributed by atoms with Crippen LogP contribution in [0.15, 0.2) is 78.8 Å². The summed E-state index contributed by atoms with van der Waals surface area (Å²) in [7, 11) is 0. The summed E-state index contributed by atoms with van der Waals surface area (Å²) in [6.07, 6.45) is 7.68. The Labute approximate surface area is 200 Å². The topological polar surface area (TPSA) is 63.7 Å². The molecule has 0 unspecified atom stereocenters. The number of allylic oxidation sites excluding steroid dienone is 1. The molecule has 0 radical (unpaired) electrons. The lowest BCUT2D eigenvalue weighted by molar-refractivity contribution is 0.307. The van der Waals surface area contributed by atoms with Crippen molar-refractivity contribution in [3.63, 3.8) is 0 Å². The monoisotopic (exact) mass is 446 g/mol. The van der Waals surface area contributed by atoms with Crippen LogP contribution in [0.1, 0.15) is 48.3 Å². The van der Waals surface area contributed by atoms with Gasteiger partial charge in [0.25, 0.3) is 0 Å². The molecule has 0 N–H and O–H groups in total. The first kappa shape index (κ1) is 21.7. The summed E-state index contributed by atoms with van der Waals surface area (Å²) in [5.74, 6) is 1.89. The third-order valence-corrected chi connectivity index (χ3v) is 6.18. The molecule has 0 aliphatic carbocycles. The Balaban J connectivity index is 1.53. The quantitative estimate of drug-likeness (QED) is 0.343. The Morgan fingerprint density at radius 2 is 1.91 bits per heavy atom. The van der Waals surface area contributed by atoms with E-state index in [9.17, 15) is 5.26 Å². The zero-order chi connectivity index (χ0) is 23.5. The number of aryl methyl sites for hydroxylation is 1. The van der Waals surface area contributed by atoms with Gasteiger partial charge in [0, 0.05) is 53.8 Å². The number of benzene rings is 2. The molecule has 168 valence electrons. The van der Waals surface area contributed by atoms with E-state index in [1.165, 1.54) is 5.56 Å². The van der Waals surface area contributed by atoms with Crippen LogP contribution in [-0.4, -0.2) is 14.5 Å². The summed E-state index contributed by atoms with van der Waals surface area (Å²) < 4.78 is 8.40. The number of hydrogen-bond donors (Lipinski definition) is 0. The molecular formula is C29H26N4O. The molecule has 2 aromatic carbocycles. The van der Waals surface area contributed by atoms with E-state index in [2.05, 4.69) is 46.9 Å². The van der Waals surface area contributed by atoms with Gasteiger partial charge in [-0.25, -0.2) is 4.98 Å². The lowest BCUT2D eigenvalue weighted by Gasteiger charge is -2.13. The number of rotatable bonds is 5. The molecule has 2 aromatic heterocycles. The molecular weight excluding hydrogens is 420 g/mol. The number of aromatic nitrogens is 3. The Kier molecular flexibility index (Phi) is 5.97. The molecule has 0 saturated heterocycles. The van der Waals surface area contributed by atoms with Crippen molar-refractivity contribution in [3.8, 4) is 23.1 Å². The fraction of sp³-hybridized carbons (Fsp3) is 0.207. The molecule has 0 amide bonds. The second kappa shape index (κ2) is 9.36. The molecule has 1 aliphatic rings. The van der Waals surface area contributed by atoms with Crippen molar-refractivity contribution < 1.29 is 4.74 Å². The number of pyridine rings is 1. The second-order valence-electron chi connectivity index (χ2n) is 8.54. The lowest BCUT2D eigenvalue weighted by atomic mass is 9.90. The van der Waals surface area contributed by atoms with Gasteiger partial charge in [-0.1, -0.05) is 37.3 Å². The van der Waals surface area contributed by atoms with Gasteiger partial charge in [0.05, 0.1) is 11.8 Å². The highest BCUT2D eigenvalue weighted by molar-refractivity contribution is 5.88. The van der Waals surface area contributed by atoms with Gasteiger partial charge in [-0.3, -0.25) is 4.98 Å². The first-order valence-electron chi connectivity index (χ1n) is 11.6. The SMILES string of the molecule is CCCc1nc(-c2ccncc2)cn1Cc1ccc2c(c1)COc1ccccc1C2=C(C)C#N. The minimum Gasteiger partial charge on any atom is -0.488 e. The van der Waals surface area contributed by atoms with Crippen LogP contribution < -0.4 is 4.74 Å². The van der Waals surface area contributed by atoms with Crippen LogP contribution in [0.2, 0.25) is 0 Å². The van der Waals surface area contributed by atoms with Gasteiger partial charge in [-0.2, -0.15) is 5.26 Å². The first-order chi connectivity index (χ1) is 16.7. The second-order valence-corrected chi connectivity index (χ2v) is 8.54. The first-order valence-corrected chi connectivity index (χ1v) is 11.6. The zero-order valence-corrected chi connectivity index (χ0v) is 19.5. The van der Waals surface area contributed by atoms with Gasteiger partial charge in [0.15, 0.2) is 0 Å². The molecule has 5 rings (SSSR count). The van der Waals surface area contributed by atoms with E-state index < -0.39 is 0 Å². The van der Waals surface area contributed by atoms with Crippen molar-refractivity contribution in [3.05, 3.63) is 107 Å². The van der Waals surface area contributed by atoms with Crippen LogP contribution in [0.25, 0.3) is 16.8 Å². The number of nitriles is 1. The van der Waals surface area contributed by atoms with Gasteiger partial charge < -0.3 is 9.30 Å². The van der Waals surface area contributed by atoms with Gasteiger partial charge in [0.1, 0.15) is 18.2 Å². The highest BCUT2D eigenvalue weighted by Gasteiger charge is 2.21. The summed E-state index contributed by atoms with van der Waals surface area (Å²) in [6.45, 7) is 5.24. The average Bonchev–Trinajstić information content (AvgIpc) is 3.18. The normalized spacial score (nSPS) is 13.8. The molecule has 0 saturated carbocycles. The number of hydrogen-bond acceptors (Lipinski definition) is 4. The number of imidazole rings is 1. The highest BCUT2D eigenvalue weighted by Crippen LogP contribution is 2.38. The maximum Gasteiger partial charge on any atom is 0.127 e. The summed E-state index contributed by atoms with van der Waals surface area (Å²) in [5, 5.41) is 9.69. The minimum atomic E-state index is 0.469. The largest absolute Gasteiger partial charge is 0.488 e. The van der Waals surface area contributed by atoms with Crippen LogP contribution >= 0.6 is 0 Å². The molecule has 5 nitrogen and oxygen atoms in total. The molecule has 4 aromatic rings. The van der Waals surface area contributed by atoms with Crippen molar-refractivity contribution in [1.82, 2.24) is 14.5 Å². The van der Waals surface area contributed by atoms with E-state index >= 15 is 0 Å². The number of ether oxygens (including phenoxy) is 1. The standard InChI is InChI=1S/C29H26N4O/c1-3-6-28-32-26(22-11-13-31-14-12-22)18-33(28)17-21-9-10-24-23(15-21)19-34-27-8-5-4-7-25(27)29(24)20(2)16-30/h4-5,7-15,18H,3,6,17,19H2,1-2H3. The number of nitrogens with zero attached hydrogens (tertiary/aromatic N) is 4. The number of fused-ring (bicyclic) bond motifs is 2. The van der Waals surface area contributed by atoms with E-state index in [-0.39, 0.29) is 0 Å². The summed E-state index contributed by atoms with van der Waals surface area (Å²) >= 11 is 0. The van der Waals surface area contributed by atoms with Crippen molar-refractivity contribution in [2.75, 3.05) is 0 Å². The third kappa shape index (κ3) is 4.11. The highest BCUT2D eigenvalue weighted by atomic mass is 16.5. The molecule has 1 aliphatic heterocycles. The van der Waals surface area contributed by atoms with Gasteiger partial charge >= 0.3 is 0 Å². The predicted molar refractivity (Wildman–Crippen MR) is 133 cm³/mol. The number of para-hydroxylation sites is 1. The molecule has 0 bridgehead atoms. The average molecular weight is 447 g/mol. The molecule has 3 heterocycles. The Bertz CT molecular complexity index is 1410. The van der Waals surface area contributed by atoms with Crippen molar-refractivity contribution in [1.29, 1.82) is 5.26 Å². The minimum absolute atomic E-state index is 0.469. The van der Waals surface area contributed by atoms with Crippen molar-refractivity contribution in [2.24, 2.45) is 0 Å². The maximum atomic E-state index is 9.69. The van der Waals surface area contributed by atoms with Crippen molar-refractivity contribution >= 4 is 5.57 Å². The predicted octanol–water partition coefficient (Wildman–Crippen LogP) is 6.18. The van der Waals surface area contributed by atoms with Crippen LogP contribution in [0.3, 0.4) is 0 Å². The smallest absolute Gasteiger partial charge is 0.127 e. The summed E-state index contributed by atoms with van der Waals surface area (Å²) in [4.78, 5) is 9.03. The molecule has 0 atom stereocenters. The van der Waals surface area contributed by atoms with Crippen molar-refractivity contribution in [2.45, 2.75) is 39.8 Å². The van der Waals surface area contributed by atoms with Crippen LogP contribution in [-0.2, 0) is 19.6 Å². The maximum absolute atomic E-state index is 9.69. The Morgan fingerprint density at radius 1 is 1.09 bits per heavy atom. The summed E-state index contributed by atoms with van der Waals surface area (Å²) in [6, 6.07) is 20.8. The lowest BCUT2D eigenvalue weighted by Crippen LogP contribution is -2.06. The van der Waals surface area contributed by atoms with E-state index in [0.29, 0.717) is 12.2 Å². The fourth-order valence-corrected chi connectivity index (χ4v) is 4.54. The third-order valence-electron chi connectivity index (χ3n) is 6.18. The zero-order valence-electron chi connectivity index (χ0n) is 19.5.